The summed E-state index contributed by atoms with van der Waals surface area (Å²) in [5, 5.41) is 6.35. The summed E-state index contributed by atoms with van der Waals surface area (Å²) in [5.74, 6) is 0.389. The van der Waals surface area contributed by atoms with Crippen molar-refractivity contribution in [3.05, 3.63) is 0 Å². The van der Waals surface area contributed by atoms with E-state index in [0.717, 1.165) is 39.0 Å². The van der Waals surface area contributed by atoms with Gasteiger partial charge in [0.15, 0.2) is 0 Å². The molecule has 1 saturated heterocycles. The van der Waals surface area contributed by atoms with Crippen molar-refractivity contribution in [1.82, 2.24) is 15.5 Å². The van der Waals surface area contributed by atoms with Gasteiger partial charge in [0.25, 0.3) is 0 Å². The minimum absolute atomic E-state index is 0.172. The Morgan fingerprint density at radius 3 is 2.50 bits per heavy atom. The van der Waals surface area contributed by atoms with Crippen molar-refractivity contribution in [3.63, 3.8) is 0 Å². The van der Waals surface area contributed by atoms with Crippen LogP contribution in [-0.4, -0.2) is 49.1 Å². The van der Waals surface area contributed by atoms with E-state index in [1.165, 1.54) is 0 Å². The van der Waals surface area contributed by atoms with Gasteiger partial charge < -0.3 is 10.6 Å². The second kappa shape index (κ2) is 7.74. The lowest BCUT2D eigenvalue weighted by Gasteiger charge is -2.31. The fourth-order valence-corrected chi connectivity index (χ4v) is 2.64. The van der Waals surface area contributed by atoms with Crippen molar-refractivity contribution >= 4 is 5.91 Å². The Hall–Kier alpha value is -0.610. The third-order valence-electron chi connectivity index (χ3n) is 3.66. The highest BCUT2D eigenvalue weighted by molar-refractivity contribution is 5.78. The van der Waals surface area contributed by atoms with E-state index < -0.39 is 0 Å². The van der Waals surface area contributed by atoms with Gasteiger partial charge in [-0.05, 0) is 47.1 Å². The molecule has 0 aliphatic carbocycles. The van der Waals surface area contributed by atoms with Crippen LogP contribution in [0.15, 0.2) is 0 Å². The molecular formula is C14H29N3O. The number of hydrogen-bond acceptors (Lipinski definition) is 3. The predicted octanol–water partition coefficient (Wildman–Crippen LogP) is 1.22. The van der Waals surface area contributed by atoms with E-state index in [9.17, 15) is 4.79 Å². The van der Waals surface area contributed by atoms with Crippen molar-refractivity contribution in [1.29, 1.82) is 0 Å². The molecule has 0 aromatic rings. The summed E-state index contributed by atoms with van der Waals surface area (Å²) in [6, 6.07) is 1.05. The SMILES string of the molecule is CC(C)N(CCNC(=O)C1CCCNC1)C(C)C. The maximum absolute atomic E-state index is 11.9. The highest BCUT2D eigenvalue weighted by atomic mass is 16.1. The molecule has 0 bridgehead atoms. The summed E-state index contributed by atoms with van der Waals surface area (Å²) in [6.45, 7) is 12.4. The second-order valence-electron chi connectivity index (χ2n) is 5.76. The summed E-state index contributed by atoms with van der Waals surface area (Å²) >= 11 is 0. The fourth-order valence-electron chi connectivity index (χ4n) is 2.64. The maximum Gasteiger partial charge on any atom is 0.224 e. The van der Waals surface area contributed by atoms with Gasteiger partial charge in [-0.15, -0.1) is 0 Å². The average molecular weight is 255 g/mol. The zero-order chi connectivity index (χ0) is 13.5. The van der Waals surface area contributed by atoms with Gasteiger partial charge in [0, 0.05) is 31.7 Å². The number of nitrogens with one attached hydrogen (secondary N) is 2. The number of nitrogens with zero attached hydrogens (tertiary/aromatic N) is 1. The molecule has 0 saturated carbocycles. The molecule has 1 amide bonds. The summed E-state index contributed by atoms with van der Waals surface area (Å²) in [4.78, 5) is 14.4. The Morgan fingerprint density at radius 1 is 1.33 bits per heavy atom. The molecule has 1 aliphatic rings. The summed E-state index contributed by atoms with van der Waals surface area (Å²) < 4.78 is 0. The Morgan fingerprint density at radius 2 is 2.00 bits per heavy atom. The van der Waals surface area contributed by atoms with Crippen LogP contribution < -0.4 is 10.6 Å². The van der Waals surface area contributed by atoms with Crippen LogP contribution in [0.5, 0.6) is 0 Å². The van der Waals surface area contributed by atoms with E-state index in [4.69, 9.17) is 0 Å². The summed E-state index contributed by atoms with van der Waals surface area (Å²) in [5.41, 5.74) is 0. The van der Waals surface area contributed by atoms with Crippen molar-refractivity contribution in [3.8, 4) is 0 Å². The zero-order valence-electron chi connectivity index (χ0n) is 12.3. The number of carbonyl (C=O) groups excluding carboxylic acids is 1. The molecule has 1 heterocycles. The van der Waals surface area contributed by atoms with Crippen LogP contribution >= 0.6 is 0 Å². The summed E-state index contributed by atoms with van der Waals surface area (Å²) in [7, 11) is 0. The van der Waals surface area contributed by atoms with Crippen LogP contribution in [0.3, 0.4) is 0 Å². The number of hydrogen-bond donors (Lipinski definition) is 2. The van der Waals surface area contributed by atoms with Crippen LogP contribution in [0.4, 0.5) is 0 Å². The molecule has 18 heavy (non-hydrogen) atoms. The van der Waals surface area contributed by atoms with Gasteiger partial charge in [-0.3, -0.25) is 9.69 Å². The fraction of sp³-hybridized carbons (Fsp3) is 0.929. The normalized spacial score (nSPS) is 20.7. The Kier molecular flexibility index (Phi) is 6.65. The van der Waals surface area contributed by atoms with Gasteiger partial charge in [0.1, 0.15) is 0 Å². The third-order valence-corrected chi connectivity index (χ3v) is 3.66. The highest BCUT2D eigenvalue weighted by Gasteiger charge is 2.20. The number of rotatable bonds is 6. The van der Waals surface area contributed by atoms with E-state index in [1.807, 2.05) is 0 Å². The Labute approximate surface area is 111 Å². The minimum atomic E-state index is 0.172. The molecule has 0 radical (unpaired) electrons. The third kappa shape index (κ3) is 4.94. The van der Waals surface area contributed by atoms with Crippen molar-refractivity contribution in [2.75, 3.05) is 26.2 Å². The molecule has 4 nitrogen and oxygen atoms in total. The van der Waals surface area contributed by atoms with Crippen LogP contribution in [0.25, 0.3) is 0 Å². The van der Waals surface area contributed by atoms with Crippen molar-refractivity contribution < 1.29 is 4.79 Å². The largest absolute Gasteiger partial charge is 0.355 e. The first-order chi connectivity index (χ1) is 8.52. The van der Waals surface area contributed by atoms with Gasteiger partial charge in [0.05, 0.1) is 5.92 Å². The lowest BCUT2D eigenvalue weighted by atomic mass is 9.99. The van der Waals surface area contributed by atoms with E-state index in [2.05, 4.69) is 43.2 Å². The van der Waals surface area contributed by atoms with Crippen LogP contribution in [0.2, 0.25) is 0 Å². The minimum Gasteiger partial charge on any atom is -0.355 e. The van der Waals surface area contributed by atoms with Gasteiger partial charge in [-0.2, -0.15) is 0 Å². The maximum atomic E-state index is 11.9. The molecule has 1 rings (SSSR count). The summed E-state index contributed by atoms with van der Waals surface area (Å²) in [6.07, 6.45) is 2.14. The molecule has 0 spiro atoms. The van der Waals surface area contributed by atoms with E-state index in [1.54, 1.807) is 0 Å². The zero-order valence-corrected chi connectivity index (χ0v) is 12.3. The smallest absolute Gasteiger partial charge is 0.224 e. The van der Waals surface area contributed by atoms with Crippen LogP contribution in [0.1, 0.15) is 40.5 Å². The predicted molar refractivity (Wildman–Crippen MR) is 75.6 cm³/mol. The van der Waals surface area contributed by atoms with Gasteiger partial charge in [-0.25, -0.2) is 0 Å². The highest BCUT2D eigenvalue weighted by Crippen LogP contribution is 2.09. The topological polar surface area (TPSA) is 44.4 Å². The standard InChI is InChI=1S/C14H29N3O/c1-11(2)17(12(3)4)9-8-16-14(18)13-6-5-7-15-10-13/h11-13,15H,5-10H2,1-4H3,(H,16,18). The van der Waals surface area contributed by atoms with Crippen molar-refractivity contribution in [2.45, 2.75) is 52.6 Å². The number of piperidine rings is 1. The van der Waals surface area contributed by atoms with Crippen molar-refractivity contribution in [2.24, 2.45) is 5.92 Å². The second-order valence-corrected chi connectivity index (χ2v) is 5.76. The van der Waals surface area contributed by atoms with Gasteiger partial charge in [-0.1, -0.05) is 0 Å². The molecule has 1 atom stereocenters. The number of amides is 1. The Balaban J connectivity index is 2.25. The molecule has 4 heteroatoms. The first-order valence-corrected chi connectivity index (χ1v) is 7.26. The van der Waals surface area contributed by atoms with E-state index in [0.29, 0.717) is 12.1 Å². The molecule has 0 aromatic carbocycles. The first kappa shape index (κ1) is 15.4. The molecule has 1 unspecified atom stereocenters. The Bertz CT molecular complexity index is 239. The van der Waals surface area contributed by atoms with Crippen LogP contribution in [-0.2, 0) is 4.79 Å². The lowest BCUT2D eigenvalue weighted by Crippen LogP contribution is -2.45. The average Bonchev–Trinajstić information content (AvgIpc) is 2.34. The molecule has 106 valence electrons. The van der Waals surface area contributed by atoms with Gasteiger partial charge in [0.2, 0.25) is 5.91 Å². The molecular weight excluding hydrogens is 226 g/mol. The van der Waals surface area contributed by atoms with E-state index in [-0.39, 0.29) is 11.8 Å². The molecule has 1 aliphatic heterocycles. The first-order valence-electron chi connectivity index (χ1n) is 7.26. The number of carbonyl (C=O) groups is 1. The quantitative estimate of drug-likeness (QED) is 0.750. The molecule has 1 fully saturated rings. The lowest BCUT2D eigenvalue weighted by molar-refractivity contribution is -0.125. The molecule has 0 aromatic heterocycles. The van der Waals surface area contributed by atoms with E-state index >= 15 is 0 Å². The molecule has 2 N–H and O–H groups in total. The van der Waals surface area contributed by atoms with Crippen LogP contribution in [0, 0.1) is 5.92 Å². The monoisotopic (exact) mass is 255 g/mol. The van der Waals surface area contributed by atoms with Gasteiger partial charge >= 0.3 is 0 Å².